The molecule has 1 atom stereocenters. The number of nitrogens with one attached hydrogen (secondary N) is 1. The van der Waals surface area contributed by atoms with E-state index in [2.05, 4.69) is 31.0 Å². The van der Waals surface area contributed by atoms with E-state index in [9.17, 15) is 0 Å². The van der Waals surface area contributed by atoms with Gasteiger partial charge in [0.05, 0.1) is 0 Å². The van der Waals surface area contributed by atoms with E-state index in [0.717, 1.165) is 31.6 Å². The van der Waals surface area contributed by atoms with Gasteiger partial charge in [-0.15, -0.1) is 0 Å². The van der Waals surface area contributed by atoms with Crippen molar-refractivity contribution in [2.24, 2.45) is 17.3 Å². The lowest BCUT2D eigenvalue weighted by molar-refractivity contribution is -0.00424. The molecule has 3 nitrogen and oxygen atoms in total. The molecule has 0 amide bonds. The third-order valence-corrected chi connectivity index (χ3v) is 5.27. The maximum absolute atomic E-state index is 5.64. The standard InChI is InChI=1S/C18H36N2O/c1-16(2)13-19-14-18(7-11-21-12-8-18)15-20-9-4-5-17(3)6-10-20/h16-17,19H,4-15H2,1-3H3. The zero-order valence-electron chi connectivity index (χ0n) is 14.5. The molecular formula is C18H36N2O. The molecule has 0 saturated carbocycles. The lowest BCUT2D eigenvalue weighted by atomic mass is 9.79. The molecular weight excluding hydrogens is 260 g/mol. The molecule has 2 fully saturated rings. The summed E-state index contributed by atoms with van der Waals surface area (Å²) in [6, 6.07) is 0. The quantitative estimate of drug-likeness (QED) is 0.815. The van der Waals surface area contributed by atoms with Crippen molar-refractivity contribution in [1.29, 1.82) is 0 Å². The second-order valence-electron chi connectivity index (χ2n) is 7.95. The molecule has 2 aliphatic rings. The van der Waals surface area contributed by atoms with Gasteiger partial charge in [0.2, 0.25) is 0 Å². The van der Waals surface area contributed by atoms with Gasteiger partial charge in [0.25, 0.3) is 0 Å². The zero-order chi connectivity index (χ0) is 15.1. The summed E-state index contributed by atoms with van der Waals surface area (Å²) in [5.74, 6) is 1.65. The van der Waals surface area contributed by atoms with E-state index in [0.29, 0.717) is 5.41 Å². The molecule has 2 rings (SSSR count). The average Bonchev–Trinajstić information content (AvgIpc) is 2.64. The van der Waals surface area contributed by atoms with Crippen LogP contribution in [-0.4, -0.2) is 50.8 Å². The molecule has 0 aromatic carbocycles. The first-order valence-electron chi connectivity index (χ1n) is 9.10. The monoisotopic (exact) mass is 296 g/mol. The summed E-state index contributed by atoms with van der Waals surface area (Å²) >= 11 is 0. The van der Waals surface area contributed by atoms with Crippen LogP contribution < -0.4 is 5.32 Å². The van der Waals surface area contributed by atoms with E-state index in [4.69, 9.17) is 4.74 Å². The van der Waals surface area contributed by atoms with Crippen molar-refractivity contribution in [2.45, 2.75) is 52.9 Å². The van der Waals surface area contributed by atoms with Crippen molar-refractivity contribution < 1.29 is 4.74 Å². The Labute approximate surface area is 131 Å². The maximum atomic E-state index is 5.64. The minimum atomic E-state index is 0.445. The van der Waals surface area contributed by atoms with E-state index in [1.54, 1.807) is 0 Å². The van der Waals surface area contributed by atoms with Crippen LogP contribution in [0, 0.1) is 17.3 Å². The molecule has 2 heterocycles. The van der Waals surface area contributed by atoms with Gasteiger partial charge in [0, 0.05) is 26.3 Å². The minimum absolute atomic E-state index is 0.445. The highest BCUT2D eigenvalue weighted by Gasteiger charge is 2.34. The van der Waals surface area contributed by atoms with Crippen LogP contribution in [0.2, 0.25) is 0 Å². The topological polar surface area (TPSA) is 24.5 Å². The lowest BCUT2D eigenvalue weighted by Gasteiger charge is -2.41. The van der Waals surface area contributed by atoms with Crippen LogP contribution in [0.25, 0.3) is 0 Å². The van der Waals surface area contributed by atoms with Gasteiger partial charge in [-0.3, -0.25) is 0 Å². The van der Waals surface area contributed by atoms with Crippen LogP contribution in [0.4, 0.5) is 0 Å². The largest absolute Gasteiger partial charge is 0.381 e. The molecule has 21 heavy (non-hydrogen) atoms. The minimum Gasteiger partial charge on any atom is -0.381 e. The Morgan fingerprint density at radius 3 is 2.67 bits per heavy atom. The SMILES string of the molecule is CC(C)CNCC1(CN2CCCC(C)CC2)CCOCC1. The van der Waals surface area contributed by atoms with E-state index in [1.165, 1.54) is 58.3 Å². The molecule has 2 saturated heterocycles. The molecule has 0 aromatic heterocycles. The molecule has 0 aromatic rings. The van der Waals surface area contributed by atoms with E-state index < -0.39 is 0 Å². The summed E-state index contributed by atoms with van der Waals surface area (Å²) in [6.07, 6.45) is 6.63. The van der Waals surface area contributed by atoms with Gasteiger partial charge in [0.15, 0.2) is 0 Å². The summed E-state index contributed by atoms with van der Waals surface area (Å²) in [6.45, 7) is 15.1. The van der Waals surface area contributed by atoms with Crippen LogP contribution >= 0.6 is 0 Å². The summed E-state index contributed by atoms with van der Waals surface area (Å²) in [5, 5.41) is 3.73. The summed E-state index contributed by atoms with van der Waals surface area (Å²) in [4.78, 5) is 2.74. The van der Waals surface area contributed by atoms with Gasteiger partial charge in [-0.25, -0.2) is 0 Å². The fourth-order valence-corrected chi connectivity index (χ4v) is 3.78. The van der Waals surface area contributed by atoms with Crippen molar-refractivity contribution in [3.8, 4) is 0 Å². The van der Waals surface area contributed by atoms with Crippen molar-refractivity contribution in [2.75, 3.05) is 45.9 Å². The number of hydrogen-bond acceptors (Lipinski definition) is 3. The van der Waals surface area contributed by atoms with Gasteiger partial charge in [-0.1, -0.05) is 20.8 Å². The third-order valence-electron chi connectivity index (χ3n) is 5.27. The number of nitrogens with zero attached hydrogens (tertiary/aromatic N) is 1. The molecule has 3 heteroatoms. The zero-order valence-corrected chi connectivity index (χ0v) is 14.5. The smallest absolute Gasteiger partial charge is 0.0472 e. The van der Waals surface area contributed by atoms with E-state index in [1.807, 2.05) is 0 Å². The maximum Gasteiger partial charge on any atom is 0.0472 e. The molecule has 1 N–H and O–H groups in total. The van der Waals surface area contributed by atoms with Crippen LogP contribution in [-0.2, 0) is 4.74 Å². The van der Waals surface area contributed by atoms with Crippen LogP contribution in [0.15, 0.2) is 0 Å². The van der Waals surface area contributed by atoms with Crippen LogP contribution in [0.3, 0.4) is 0 Å². The summed E-state index contributed by atoms with van der Waals surface area (Å²) in [5.41, 5.74) is 0.445. The summed E-state index contributed by atoms with van der Waals surface area (Å²) in [7, 11) is 0. The molecule has 1 unspecified atom stereocenters. The Bertz CT molecular complexity index is 287. The molecule has 0 aliphatic carbocycles. The second kappa shape index (κ2) is 8.50. The molecule has 0 radical (unpaired) electrons. The molecule has 0 bridgehead atoms. The fraction of sp³-hybridized carbons (Fsp3) is 1.00. The Hall–Kier alpha value is -0.120. The predicted molar refractivity (Wildman–Crippen MR) is 89.6 cm³/mol. The predicted octanol–water partition coefficient (Wildman–Crippen LogP) is 3.15. The number of hydrogen-bond donors (Lipinski definition) is 1. The first kappa shape index (κ1) is 17.2. The highest BCUT2D eigenvalue weighted by Crippen LogP contribution is 2.32. The second-order valence-corrected chi connectivity index (χ2v) is 7.95. The van der Waals surface area contributed by atoms with Gasteiger partial charge >= 0.3 is 0 Å². The van der Waals surface area contributed by atoms with Gasteiger partial charge in [0.1, 0.15) is 0 Å². The normalized spacial score (nSPS) is 27.7. The van der Waals surface area contributed by atoms with Crippen molar-refractivity contribution >= 4 is 0 Å². The van der Waals surface area contributed by atoms with Crippen molar-refractivity contribution in [1.82, 2.24) is 10.2 Å². The Morgan fingerprint density at radius 2 is 1.95 bits per heavy atom. The fourth-order valence-electron chi connectivity index (χ4n) is 3.78. The Morgan fingerprint density at radius 1 is 1.19 bits per heavy atom. The highest BCUT2D eigenvalue weighted by molar-refractivity contribution is 4.88. The summed E-state index contributed by atoms with van der Waals surface area (Å²) < 4.78 is 5.64. The van der Waals surface area contributed by atoms with Crippen molar-refractivity contribution in [3.63, 3.8) is 0 Å². The average molecular weight is 296 g/mol. The number of likely N-dealkylation sites (tertiary alicyclic amines) is 1. The van der Waals surface area contributed by atoms with Gasteiger partial charge < -0.3 is 15.0 Å². The third kappa shape index (κ3) is 5.88. The van der Waals surface area contributed by atoms with Crippen LogP contribution in [0.1, 0.15) is 52.9 Å². The number of ether oxygens (including phenoxy) is 1. The highest BCUT2D eigenvalue weighted by atomic mass is 16.5. The Balaban J connectivity index is 1.88. The first-order valence-corrected chi connectivity index (χ1v) is 9.10. The lowest BCUT2D eigenvalue weighted by Crippen LogP contribution is -2.48. The first-order chi connectivity index (χ1) is 10.1. The van der Waals surface area contributed by atoms with Gasteiger partial charge in [-0.2, -0.15) is 0 Å². The van der Waals surface area contributed by atoms with Crippen LogP contribution in [0.5, 0.6) is 0 Å². The molecule has 0 spiro atoms. The number of rotatable bonds is 6. The molecule has 124 valence electrons. The Kier molecular flexibility index (Phi) is 6.97. The van der Waals surface area contributed by atoms with Gasteiger partial charge in [-0.05, 0) is 69.0 Å². The van der Waals surface area contributed by atoms with Crippen molar-refractivity contribution in [3.05, 3.63) is 0 Å². The van der Waals surface area contributed by atoms with E-state index >= 15 is 0 Å². The molecule has 2 aliphatic heterocycles. The van der Waals surface area contributed by atoms with E-state index in [-0.39, 0.29) is 0 Å².